The van der Waals surface area contributed by atoms with Gasteiger partial charge in [0.25, 0.3) is 5.91 Å². The molecule has 0 aliphatic heterocycles. The van der Waals surface area contributed by atoms with Crippen molar-refractivity contribution in [3.8, 4) is 5.75 Å². The van der Waals surface area contributed by atoms with Gasteiger partial charge in [0.1, 0.15) is 10.6 Å². The molecule has 1 heterocycles. The van der Waals surface area contributed by atoms with E-state index < -0.39 is 11.9 Å². The molecule has 0 atom stereocenters. The SMILES string of the molecule is O=C(/C=C/c1ccccc1)Nc1ccc(C(=O)N/N=C\c2ccccc2OC(=O)c2sc3cc(Cl)ccc3c2Cl)cc1. The van der Waals surface area contributed by atoms with Gasteiger partial charge in [0.05, 0.1) is 11.2 Å². The summed E-state index contributed by atoms with van der Waals surface area (Å²) in [5.41, 5.74) is 4.70. The number of amides is 2. The van der Waals surface area contributed by atoms with Crippen LogP contribution in [0, 0.1) is 0 Å². The normalized spacial score (nSPS) is 11.2. The fourth-order valence-electron chi connectivity index (χ4n) is 3.85. The lowest BCUT2D eigenvalue weighted by Crippen LogP contribution is -2.18. The summed E-state index contributed by atoms with van der Waals surface area (Å²) in [7, 11) is 0. The Labute approximate surface area is 255 Å². The lowest BCUT2D eigenvalue weighted by Gasteiger charge is -2.07. The molecule has 0 saturated heterocycles. The van der Waals surface area contributed by atoms with Gasteiger partial charge in [-0.3, -0.25) is 9.59 Å². The second-order valence-corrected chi connectivity index (χ2v) is 10.7. The van der Waals surface area contributed by atoms with Gasteiger partial charge >= 0.3 is 5.97 Å². The lowest BCUT2D eigenvalue weighted by molar-refractivity contribution is -0.111. The zero-order valence-electron chi connectivity index (χ0n) is 21.7. The highest BCUT2D eigenvalue weighted by Crippen LogP contribution is 2.37. The molecule has 0 unspecified atom stereocenters. The minimum Gasteiger partial charge on any atom is -0.422 e. The van der Waals surface area contributed by atoms with Crippen molar-refractivity contribution < 1.29 is 19.1 Å². The minimum absolute atomic E-state index is 0.244. The number of hydrogen-bond acceptors (Lipinski definition) is 6. The highest BCUT2D eigenvalue weighted by Gasteiger charge is 2.20. The van der Waals surface area contributed by atoms with Crippen LogP contribution in [0.1, 0.15) is 31.2 Å². The zero-order valence-corrected chi connectivity index (χ0v) is 24.0. The van der Waals surface area contributed by atoms with E-state index in [0.717, 1.165) is 10.3 Å². The summed E-state index contributed by atoms with van der Waals surface area (Å²) < 4.78 is 6.38. The summed E-state index contributed by atoms with van der Waals surface area (Å²) >= 11 is 13.7. The molecule has 208 valence electrons. The van der Waals surface area contributed by atoms with E-state index in [9.17, 15) is 14.4 Å². The number of halogens is 2. The van der Waals surface area contributed by atoms with E-state index in [1.807, 2.05) is 30.3 Å². The quantitative estimate of drug-likeness (QED) is 0.0612. The highest BCUT2D eigenvalue weighted by molar-refractivity contribution is 7.21. The molecule has 0 aliphatic carbocycles. The minimum atomic E-state index is -0.620. The summed E-state index contributed by atoms with van der Waals surface area (Å²) in [5.74, 6) is -1.13. The average molecular weight is 615 g/mol. The van der Waals surface area contributed by atoms with Crippen LogP contribution in [0.5, 0.6) is 5.75 Å². The van der Waals surface area contributed by atoms with Crippen LogP contribution >= 0.6 is 34.5 Å². The van der Waals surface area contributed by atoms with Crippen molar-refractivity contribution >= 4 is 80.4 Å². The molecule has 5 rings (SSSR count). The molecule has 0 fully saturated rings. The van der Waals surface area contributed by atoms with E-state index in [2.05, 4.69) is 15.8 Å². The largest absolute Gasteiger partial charge is 0.422 e. The highest BCUT2D eigenvalue weighted by atomic mass is 35.5. The molecule has 42 heavy (non-hydrogen) atoms. The molecule has 1 aromatic heterocycles. The third-order valence-corrected chi connectivity index (χ3v) is 7.78. The lowest BCUT2D eigenvalue weighted by atomic mass is 10.2. The molecular weight excluding hydrogens is 593 g/mol. The summed E-state index contributed by atoms with van der Waals surface area (Å²) in [5, 5.41) is 8.31. The Bertz CT molecular complexity index is 1830. The summed E-state index contributed by atoms with van der Waals surface area (Å²) in [4.78, 5) is 38.0. The fourth-order valence-corrected chi connectivity index (χ4v) is 5.51. The molecule has 2 N–H and O–H groups in total. The molecule has 0 saturated carbocycles. The van der Waals surface area contributed by atoms with Crippen molar-refractivity contribution in [3.63, 3.8) is 0 Å². The first-order valence-corrected chi connectivity index (χ1v) is 14.1. The van der Waals surface area contributed by atoms with E-state index in [4.69, 9.17) is 27.9 Å². The van der Waals surface area contributed by atoms with Crippen LogP contribution < -0.4 is 15.5 Å². The van der Waals surface area contributed by atoms with Crippen molar-refractivity contribution in [3.05, 3.63) is 135 Å². The van der Waals surface area contributed by atoms with Crippen molar-refractivity contribution in [2.45, 2.75) is 0 Å². The Morgan fingerprint density at radius 3 is 2.38 bits per heavy atom. The predicted molar refractivity (Wildman–Crippen MR) is 169 cm³/mol. The van der Waals surface area contributed by atoms with Crippen molar-refractivity contribution in [1.29, 1.82) is 0 Å². The predicted octanol–water partition coefficient (Wildman–Crippen LogP) is 7.84. The number of anilines is 1. The topological polar surface area (TPSA) is 96.9 Å². The summed E-state index contributed by atoms with van der Waals surface area (Å²) in [6, 6.07) is 27.8. The van der Waals surface area contributed by atoms with Crippen LogP contribution in [-0.2, 0) is 4.79 Å². The number of carbonyl (C=O) groups is 3. The number of ether oxygens (including phenoxy) is 1. The van der Waals surface area contributed by atoms with Crippen molar-refractivity contribution in [2.24, 2.45) is 5.10 Å². The smallest absolute Gasteiger partial charge is 0.355 e. The van der Waals surface area contributed by atoms with E-state index in [1.54, 1.807) is 72.8 Å². The number of hydrazone groups is 1. The van der Waals surface area contributed by atoms with Gasteiger partial charge < -0.3 is 10.1 Å². The molecule has 2 amide bonds. The molecule has 0 aliphatic rings. The van der Waals surface area contributed by atoms with Crippen LogP contribution in [0.25, 0.3) is 16.2 Å². The number of hydrogen-bond donors (Lipinski definition) is 2. The molecule has 10 heteroatoms. The fraction of sp³-hybridized carbons (Fsp3) is 0. The molecule has 0 radical (unpaired) electrons. The third kappa shape index (κ3) is 7.11. The molecular formula is C32H21Cl2N3O4S. The van der Waals surface area contributed by atoms with E-state index in [1.165, 1.54) is 23.6 Å². The Hall–Kier alpha value is -4.76. The summed E-state index contributed by atoms with van der Waals surface area (Å²) in [6.07, 6.45) is 4.52. The van der Waals surface area contributed by atoms with Gasteiger partial charge in [-0.05, 0) is 60.2 Å². The number of fused-ring (bicyclic) bond motifs is 1. The standard InChI is InChI=1S/C32H21Cl2N3O4S/c33-23-13-16-25-27(18-23)42-30(29(25)34)32(40)41-26-9-5-4-8-22(26)19-35-37-31(39)21-11-14-24(15-12-21)36-28(38)17-10-20-6-2-1-3-7-20/h1-19H,(H,36,38)(H,37,39)/b17-10+,35-19-. The molecule has 7 nitrogen and oxygen atoms in total. The number of benzene rings is 4. The number of nitrogens with zero attached hydrogens (tertiary/aromatic N) is 1. The summed E-state index contributed by atoms with van der Waals surface area (Å²) in [6.45, 7) is 0. The maximum atomic E-state index is 12.9. The number of thiophene rings is 1. The van der Waals surface area contributed by atoms with Gasteiger partial charge in [-0.15, -0.1) is 11.3 Å². The maximum Gasteiger partial charge on any atom is 0.355 e. The van der Waals surface area contributed by atoms with Gasteiger partial charge in [0.15, 0.2) is 0 Å². The Morgan fingerprint density at radius 1 is 0.857 bits per heavy atom. The molecule has 0 spiro atoms. The van der Waals surface area contributed by atoms with Crippen LogP contribution in [0.2, 0.25) is 10.0 Å². The number of carbonyl (C=O) groups excluding carboxylic acids is 3. The first-order valence-electron chi connectivity index (χ1n) is 12.5. The second kappa shape index (κ2) is 13.3. The Kier molecular flexibility index (Phi) is 9.08. The van der Waals surface area contributed by atoms with Crippen molar-refractivity contribution in [1.82, 2.24) is 5.43 Å². The van der Waals surface area contributed by atoms with Gasteiger partial charge in [-0.2, -0.15) is 5.10 Å². The molecule has 0 bridgehead atoms. The Morgan fingerprint density at radius 2 is 1.60 bits per heavy atom. The maximum absolute atomic E-state index is 12.9. The van der Waals surface area contributed by atoms with E-state index in [-0.39, 0.29) is 16.5 Å². The first kappa shape index (κ1) is 28.8. The second-order valence-electron chi connectivity index (χ2n) is 8.82. The van der Waals surface area contributed by atoms with E-state index in [0.29, 0.717) is 32.2 Å². The number of para-hydroxylation sites is 1. The third-order valence-electron chi connectivity index (χ3n) is 5.91. The number of rotatable bonds is 8. The van der Waals surface area contributed by atoms with Crippen LogP contribution in [0.15, 0.2) is 108 Å². The van der Waals surface area contributed by atoms with Crippen molar-refractivity contribution in [2.75, 3.05) is 5.32 Å². The van der Waals surface area contributed by atoms with E-state index >= 15 is 0 Å². The van der Waals surface area contributed by atoms with Gasteiger partial charge in [-0.25, -0.2) is 10.2 Å². The number of nitrogens with one attached hydrogen (secondary N) is 2. The molecule has 5 aromatic rings. The Balaban J connectivity index is 1.19. The first-order chi connectivity index (χ1) is 20.4. The monoisotopic (exact) mass is 613 g/mol. The average Bonchev–Trinajstić information content (AvgIpc) is 3.33. The van der Waals surface area contributed by atoms with Crippen LogP contribution in [0.4, 0.5) is 5.69 Å². The molecule has 4 aromatic carbocycles. The van der Waals surface area contributed by atoms with Gasteiger partial charge in [0.2, 0.25) is 5.91 Å². The van der Waals surface area contributed by atoms with Gasteiger partial charge in [0, 0.05) is 38.0 Å². The van der Waals surface area contributed by atoms with Crippen LogP contribution in [-0.4, -0.2) is 24.0 Å². The van der Waals surface area contributed by atoms with Gasteiger partial charge in [-0.1, -0.05) is 71.7 Å². The number of esters is 1. The zero-order chi connectivity index (χ0) is 29.5. The van der Waals surface area contributed by atoms with Crippen LogP contribution in [0.3, 0.4) is 0 Å².